The Balaban J connectivity index is 2.35. The molecule has 5 nitrogen and oxygen atoms in total. The van der Waals surface area contributed by atoms with Gasteiger partial charge in [-0.1, -0.05) is 11.6 Å². The molecule has 0 aliphatic heterocycles. The minimum Gasteiger partial charge on any atom is -0.346 e. The van der Waals surface area contributed by atoms with Crippen molar-refractivity contribution >= 4 is 22.6 Å². The summed E-state index contributed by atoms with van der Waals surface area (Å²) in [6, 6.07) is 1.76. The lowest BCUT2D eigenvalue weighted by atomic mass is 10.1. The average molecular weight is 226 g/mol. The van der Waals surface area contributed by atoms with E-state index >= 15 is 0 Å². The van der Waals surface area contributed by atoms with Gasteiger partial charge in [0.05, 0.1) is 5.02 Å². The monoisotopic (exact) mass is 225 g/mol. The minimum absolute atomic E-state index is 0.0839. The Bertz CT molecular complexity index is 509. The van der Waals surface area contributed by atoms with Crippen molar-refractivity contribution in [3.8, 4) is 0 Å². The normalized spacial score (nSPS) is 10.7. The molecule has 6 heteroatoms. The summed E-state index contributed by atoms with van der Waals surface area (Å²) < 4.78 is 0. The van der Waals surface area contributed by atoms with Crippen molar-refractivity contribution in [3.05, 3.63) is 39.2 Å². The second-order valence-corrected chi connectivity index (χ2v) is 3.61. The molecule has 2 rings (SSSR count). The van der Waals surface area contributed by atoms with Crippen molar-refractivity contribution in [1.82, 2.24) is 9.97 Å². The number of fused-ring (bicyclic) bond motifs is 1. The first kappa shape index (κ1) is 9.92. The van der Waals surface area contributed by atoms with Crippen LogP contribution in [0.15, 0.2) is 18.5 Å². The molecule has 0 amide bonds. The van der Waals surface area contributed by atoms with Crippen LogP contribution in [-0.2, 0) is 6.42 Å². The third-order valence-electron chi connectivity index (χ3n) is 2.15. The highest BCUT2D eigenvalue weighted by molar-refractivity contribution is 6.31. The number of nitro groups is 1. The van der Waals surface area contributed by atoms with Crippen molar-refractivity contribution in [2.24, 2.45) is 0 Å². The first-order chi connectivity index (χ1) is 7.16. The summed E-state index contributed by atoms with van der Waals surface area (Å²) in [6.45, 7) is -0.0839. The zero-order chi connectivity index (χ0) is 10.8. The molecule has 0 fully saturated rings. The van der Waals surface area contributed by atoms with Crippen molar-refractivity contribution in [3.63, 3.8) is 0 Å². The molecule has 2 aromatic rings. The van der Waals surface area contributed by atoms with E-state index in [1.807, 2.05) is 0 Å². The van der Waals surface area contributed by atoms with E-state index in [2.05, 4.69) is 9.97 Å². The molecule has 15 heavy (non-hydrogen) atoms. The molecule has 0 atom stereocenters. The van der Waals surface area contributed by atoms with Crippen LogP contribution < -0.4 is 0 Å². The van der Waals surface area contributed by atoms with Crippen LogP contribution in [0.4, 0.5) is 0 Å². The predicted octanol–water partition coefficient (Wildman–Crippen LogP) is 2.04. The largest absolute Gasteiger partial charge is 0.346 e. The molecule has 0 aliphatic rings. The number of pyridine rings is 1. The molecule has 1 N–H and O–H groups in total. The summed E-state index contributed by atoms with van der Waals surface area (Å²) in [7, 11) is 0. The number of nitrogens with zero attached hydrogens (tertiary/aromatic N) is 2. The Morgan fingerprint density at radius 3 is 3.13 bits per heavy atom. The zero-order valence-corrected chi connectivity index (χ0v) is 8.49. The van der Waals surface area contributed by atoms with Crippen molar-refractivity contribution in [2.75, 3.05) is 6.54 Å². The summed E-state index contributed by atoms with van der Waals surface area (Å²) in [5.74, 6) is 0. The van der Waals surface area contributed by atoms with E-state index in [1.54, 1.807) is 12.3 Å². The number of rotatable bonds is 3. The van der Waals surface area contributed by atoms with Crippen LogP contribution in [0.3, 0.4) is 0 Å². The first-order valence-electron chi connectivity index (χ1n) is 4.40. The maximum absolute atomic E-state index is 10.3. The summed E-state index contributed by atoms with van der Waals surface area (Å²) in [4.78, 5) is 16.9. The van der Waals surface area contributed by atoms with Crippen molar-refractivity contribution < 1.29 is 4.92 Å². The van der Waals surface area contributed by atoms with Gasteiger partial charge in [-0.25, -0.2) is 4.98 Å². The van der Waals surface area contributed by atoms with Crippen molar-refractivity contribution in [1.29, 1.82) is 0 Å². The topological polar surface area (TPSA) is 71.8 Å². The van der Waals surface area contributed by atoms with Gasteiger partial charge < -0.3 is 4.98 Å². The molecule has 0 aliphatic carbocycles. The number of hydrogen-bond donors (Lipinski definition) is 1. The third kappa shape index (κ3) is 2.07. The number of H-pyrrole nitrogens is 1. The van der Waals surface area contributed by atoms with Crippen LogP contribution in [0, 0.1) is 10.1 Å². The molecule has 2 aromatic heterocycles. The van der Waals surface area contributed by atoms with E-state index in [0.717, 1.165) is 10.9 Å². The fourth-order valence-electron chi connectivity index (χ4n) is 1.45. The highest BCUT2D eigenvalue weighted by Crippen LogP contribution is 2.20. The summed E-state index contributed by atoms with van der Waals surface area (Å²) in [6.07, 6.45) is 3.66. The van der Waals surface area contributed by atoms with E-state index < -0.39 is 0 Å². The molecular weight excluding hydrogens is 218 g/mol. The molecule has 0 aromatic carbocycles. The Hall–Kier alpha value is -1.62. The van der Waals surface area contributed by atoms with Gasteiger partial charge in [-0.15, -0.1) is 0 Å². The fourth-order valence-corrected chi connectivity index (χ4v) is 1.61. The van der Waals surface area contributed by atoms with Gasteiger partial charge in [0.1, 0.15) is 5.65 Å². The third-order valence-corrected chi connectivity index (χ3v) is 2.35. The molecule has 0 saturated carbocycles. The molecule has 0 saturated heterocycles. The molecule has 0 radical (unpaired) electrons. The van der Waals surface area contributed by atoms with Crippen LogP contribution in [0.25, 0.3) is 11.0 Å². The standard InChI is InChI=1S/C9H8ClN3O2/c10-7-3-8-6(1-2-13(14)15)4-11-9(8)12-5-7/h3-5H,1-2H2,(H,11,12). The van der Waals surface area contributed by atoms with Gasteiger partial charge in [0.15, 0.2) is 0 Å². The van der Waals surface area contributed by atoms with E-state index in [9.17, 15) is 10.1 Å². The summed E-state index contributed by atoms with van der Waals surface area (Å²) in [5.41, 5.74) is 1.58. The Kier molecular flexibility index (Phi) is 2.55. The van der Waals surface area contributed by atoms with Gasteiger partial charge in [0.2, 0.25) is 6.54 Å². The van der Waals surface area contributed by atoms with Gasteiger partial charge in [-0.05, 0) is 11.6 Å². The number of nitrogens with one attached hydrogen (secondary N) is 1. The number of hydrogen-bond acceptors (Lipinski definition) is 3. The SMILES string of the molecule is O=[N+]([O-])CCc1c[nH]c2ncc(Cl)cc12. The average Bonchev–Trinajstić information content (AvgIpc) is 2.57. The smallest absolute Gasteiger partial charge is 0.207 e. The maximum Gasteiger partial charge on any atom is 0.207 e. The molecular formula is C9H8ClN3O2. The lowest BCUT2D eigenvalue weighted by molar-refractivity contribution is -0.479. The van der Waals surface area contributed by atoms with Gasteiger partial charge in [0.25, 0.3) is 0 Å². The second-order valence-electron chi connectivity index (χ2n) is 3.17. The highest BCUT2D eigenvalue weighted by Gasteiger charge is 2.07. The van der Waals surface area contributed by atoms with Gasteiger partial charge in [0, 0.05) is 29.1 Å². The van der Waals surface area contributed by atoms with Gasteiger partial charge in [-0.3, -0.25) is 10.1 Å². The number of halogens is 1. The highest BCUT2D eigenvalue weighted by atomic mass is 35.5. The van der Waals surface area contributed by atoms with Crippen LogP contribution in [0.2, 0.25) is 5.02 Å². The van der Waals surface area contributed by atoms with Gasteiger partial charge in [-0.2, -0.15) is 0 Å². The van der Waals surface area contributed by atoms with E-state index in [-0.39, 0.29) is 11.5 Å². The van der Waals surface area contributed by atoms with Crippen molar-refractivity contribution in [2.45, 2.75) is 6.42 Å². The summed E-state index contributed by atoms with van der Waals surface area (Å²) in [5, 5.41) is 11.6. The molecule has 0 unspecified atom stereocenters. The lowest BCUT2D eigenvalue weighted by Crippen LogP contribution is -2.03. The van der Waals surface area contributed by atoms with Crippen LogP contribution in [-0.4, -0.2) is 21.4 Å². The molecule has 78 valence electrons. The Morgan fingerprint density at radius 1 is 1.60 bits per heavy atom. The van der Waals surface area contributed by atoms with E-state index in [0.29, 0.717) is 17.1 Å². The van der Waals surface area contributed by atoms with Gasteiger partial charge >= 0.3 is 0 Å². The van der Waals surface area contributed by atoms with Crippen LogP contribution in [0.1, 0.15) is 5.56 Å². The molecule has 0 spiro atoms. The van der Waals surface area contributed by atoms with E-state index in [1.165, 1.54) is 6.20 Å². The van der Waals surface area contributed by atoms with Crippen LogP contribution >= 0.6 is 11.6 Å². The lowest BCUT2D eigenvalue weighted by Gasteiger charge is -1.95. The fraction of sp³-hybridized carbons (Fsp3) is 0.222. The van der Waals surface area contributed by atoms with Crippen LogP contribution in [0.5, 0.6) is 0 Å². The Labute approximate surface area is 90.2 Å². The summed E-state index contributed by atoms with van der Waals surface area (Å²) >= 11 is 5.80. The Morgan fingerprint density at radius 2 is 2.40 bits per heavy atom. The molecule has 0 bridgehead atoms. The quantitative estimate of drug-likeness (QED) is 0.642. The zero-order valence-electron chi connectivity index (χ0n) is 7.74. The predicted molar refractivity (Wildman–Crippen MR) is 56.7 cm³/mol. The molecule has 2 heterocycles. The maximum atomic E-state index is 10.3. The second kappa shape index (κ2) is 3.86. The van der Waals surface area contributed by atoms with E-state index in [4.69, 9.17) is 11.6 Å². The number of aromatic amines is 1. The first-order valence-corrected chi connectivity index (χ1v) is 4.78. The minimum atomic E-state index is -0.336. The number of aromatic nitrogens is 2.